The molecule has 4 atom stereocenters. The van der Waals surface area contributed by atoms with Crippen LogP contribution < -0.4 is 15.0 Å². The average molecular weight is 597 g/mol. The lowest BCUT2D eigenvalue weighted by atomic mass is 9.94. The third-order valence-corrected chi connectivity index (χ3v) is 10.1. The summed E-state index contributed by atoms with van der Waals surface area (Å²) in [5, 5.41) is 16.0. The van der Waals surface area contributed by atoms with E-state index in [-0.39, 0.29) is 29.6 Å². The van der Waals surface area contributed by atoms with Crippen molar-refractivity contribution in [3.63, 3.8) is 0 Å². The minimum Gasteiger partial charge on any atom is -0.508 e. The number of anilines is 1. The molecule has 0 aliphatic carbocycles. The van der Waals surface area contributed by atoms with Crippen LogP contribution in [0.4, 0.5) is 14.6 Å². The number of pyridine rings is 1. The highest BCUT2D eigenvalue weighted by Crippen LogP contribution is 2.42. The van der Waals surface area contributed by atoms with Gasteiger partial charge >= 0.3 is 6.01 Å². The number of terminal acetylenes is 1. The van der Waals surface area contributed by atoms with Crippen LogP contribution >= 0.6 is 0 Å². The van der Waals surface area contributed by atoms with Gasteiger partial charge in [0.05, 0.1) is 10.9 Å². The Bertz CT molecular complexity index is 1810. The SMILES string of the molecule is C#Cc1cccc2cc(O)cc(-c3ncc4c(N5C[C@H]6CCCN[C@H]6C5)nc(OC[C@@]56CCCN5C[C@H](F)C6)nc4c3F)c12. The van der Waals surface area contributed by atoms with Crippen LogP contribution in [0.2, 0.25) is 0 Å². The first-order chi connectivity index (χ1) is 21.4. The fourth-order valence-corrected chi connectivity index (χ4v) is 8.10. The lowest BCUT2D eigenvalue weighted by molar-refractivity contribution is 0.107. The number of nitrogens with one attached hydrogen (secondary N) is 1. The predicted octanol–water partition coefficient (Wildman–Crippen LogP) is 4.81. The van der Waals surface area contributed by atoms with E-state index in [1.54, 1.807) is 24.4 Å². The number of phenolic OH excluding ortho intramolecular Hbond substituents is 1. The zero-order chi connectivity index (χ0) is 30.0. The van der Waals surface area contributed by atoms with E-state index in [0.717, 1.165) is 51.9 Å². The van der Waals surface area contributed by atoms with Gasteiger partial charge < -0.3 is 20.1 Å². The van der Waals surface area contributed by atoms with Crippen molar-refractivity contribution in [3.8, 4) is 35.4 Å². The normalized spacial score (nSPS) is 26.7. The van der Waals surface area contributed by atoms with Crippen LogP contribution in [0.15, 0.2) is 36.5 Å². The van der Waals surface area contributed by atoms with Gasteiger partial charge in [0.1, 0.15) is 35.6 Å². The molecule has 2 N–H and O–H groups in total. The number of phenols is 1. The van der Waals surface area contributed by atoms with Crippen molar-refractivity contribution < 1.29 is 18.6 Å². The molecule has 0 spiro atoms. The van der Waals surface area contributed by atoms with Crippen LogP contribution in [0.1, 0.15) is 37.7 Å². The summed E-state index contributed by atoms with van der Waals surface area (Å²) >= 11 is 0. The van der Waals surface area contributed by atoms with Gasteiger partial charge in [-0.25, -0.2) is 8.78 Å². The summed E-state index contributed by atoms with van der Waals surface area (Å²) in [7, 11) is 0. The molecule has 2 aromatic carbocycles. The number of aromatic nitrogens is 3. The smallest absolute Gasteiger partial charge is 0.319 e. The lowest BCUT2D eigenvalue weighted by Crippen LogP contribution is -2.43. The maximum absolute atomic E-state index is 16.8. The molecule has 0 amide bonds. The maximum Gasteiger partial charge on any atom is 0.319 e. The quantitative estimate of drug-likeness (QED) is 0.318. The highest BCUT2D eigenvalue weighted by molar-refractivity contribution is 6.02. The first kappa shape index (κ1) is 27.5. The molecule has 4 aliphatic rings. The van der Waals surface area contributed by atoms with Gasteiger partial charge in [0.25, 0.3) is 0 Å². The van der Waals surface area contributed by atoms with E-state index < -0.39 is 17.5 Å². The van der Waals surface area contributed by atoms with Crippen molar-refractivity contribution >= 4 is 27.5 Å². The van der Waals surface area contributed by atoms with E-state index in [1.165, 1.54) is 6.07 Å². The highest BCUT2D eigenvalue weighted by Gasteiger charge is 2.49. The summed E-state index contributed by atoms with van der Waals surface area (Å²) < 4.78 is 37.5. The molecule has 0 radical (unpaired) electrons. The van der Waals surface area contributed by atoms with Crippen molar-refractivity contribution in [1.82, 2.24) is 25.2 Å². The van der Waals surface area contributed by atoms with Gasteiger partial charge in [0.2, 0.25) is 0 Å². The number of halogens is 2. The van der Waals surface area contributed by atoms with Crippen LogP contribution in [0.25, 0.3) is 32.9 Å². The van der Waals surface area contributed by atoms with E-state index in [4.69, 9.17) is 16.1 Å². The fourth-order valence-electron chi connectivity index (χ4n) is 8.10. The molecule has 4 saturated heterocycles. The maximum atomic E-state index is 16.8. The molecule has 4 aromatic rings. The van der Waals surface area contributed by atoms with Crippen LogP contribution in [-0.2, 0) is 0 Å². The van der Waals surface area contributed by atoms with Gasteiger partial charge in [-0.2, -0.15) is 9.97 Å². The van der Waals surface area contributed by atoms with Crippen molar-refractivity contribution in [1.29, 1.82) is 0 Å². The number of fused-ring (bicyclic) bond motifs is 4. The van der Waals surface area contributed by atoms with E-state index in [0.29, 0.717) is 58.0 Å². The second-order valence-electron chi connectivity index (χ2n) is 12.8. The average Bonchev–Trinajstić information content (AvgIpc) is 3.71. The Kier molecular flexibility index (Phi) is 6.58. The first-order valence-electron chi connectivity index (χ1n) is 15.5. The second kappa shape index (κ2) is 10.5. The number of hydrogen-bond acceptors (Lipinski definition) is 8. The molecule has 44 heavy (non-hydrogen) atoms. The molecular formula is C34H34F2N6O2. The van der Waals surface area contributed by atoms with E-state index in [2.05, 4.69) is 31.0 Å². The van der Waals surface area contributed by atoms with Crippen LogP contribution in [0.3, 0.4) is 0 Å². The molecule has 0 saturated carbocycles. The summed E-state index contributed by atoms with van der Waals surface area (Å²) in [5.74, 6) is 3.07. The number of ether oxygens (including phenoxy) is 1. The molecule has 0 bridgehead atoms. The monoisotopic (exact) mass is 596 g/mol. The zero-order valence-electron chi connectivity index (χ0n) is 24.4. The number of aromatic hydroxyl groups is 1. The highest BCUT2D eigenvalue weighted by atomic mass is 19.1. The van der Waals surface area contributed by atoms with Gasteiger partial charge in [-0.15, -0.1) is 6.42 Å². The Hall–Kier alpha value is -4.07. The van der Waals surface area contributed by atoms with Crippen molar-refractivity contribution in [3.05, 3.63) is 47.9 Å². The molecule has 0 unspecified atom stereocenters. The van der Waals surface area contributed by atoms with Crippen LogP contribution in [0.5, 0.6) is 11.8 Å². The Morgan fingerprint density at radius 2 is 2.09 bits per heavy atom. The number of alkyl halides is 1. The van der Waals surface area contributed by atoms with Crippen molar-refractivity contribution in [2.45, 2.75) is 49.9 Å². The van der Waals surface area contributed by atoms with Gasteiger partial charge in [-0.3, -0.25) is 9.88 Å². The standard InChI is InChI=1S/C34H34F2N6O2/c1-2-20-6-3-7-21-12-24(43)13-25(28(20)21)30-29(36)31-26(15-38-30)32(41-16-22-8-4-10-37-27(22)18-41)40-33(39-31)44-19-34-9-5-11-42(34)17-23(35)14-34/h1,3,6-7,12-13,15,22-23,27,37,43H,4-5,8-11,14,16-19H2/t22-,23-,27+,34+/m1/s1. The van der Waals surface area contributed by atoms with Gasteiger partial charge in [0.15, 0.2) is 5.82 Å². The summed E-state index contributed by atoms with van der Waals surface area (Å²) in [6.07, 6.45) is 11.0. The first-order valence-corrected chi connectivity index (χ1v) is 15.5. The third-order valence-electron chi connectivity index (χ3n) is 10.1. The third kappa shape index (κ3) is 4.44. The summed E-state index contributed by atoms with van der Waals surface area (Å²) in [5.41, 5.74) is 0.681. The van der Waals surface area contributed by atoms with Crippen LogP contribution in [0, 0.1) is 24.1 Å². The van der Waals surface area contributed by atoms with Crippen molar-refractivity contribution in [2.24, 2.45) is 5.92 Å². The molecular weight excluding hydrogens is 562 g/mol. The Morgan fingerprint density at radius 3 is 2.95 bits per heavy atom. The number of benzene rings is 2. The summed E-state index contributed by atoms with van der Waals surface area (Å²) in [6, 6.07) is 8.90. The number of rotatable bonds is 5. The second-order valence-corrected chi connectivity index (χ2v) is 12.8. The molecule has 10 heteroatoms. The molecule has 4 fully saturated rings. The molecule has 6 heterocycles. The minimum atomic E-state index is -0.886. The van der Waals surface area contributed by atoms with E-state index in [1.807, 2.05) is 6.07 Å². The van der Waals surface area contributed by atoms with Crippen molar-refractivity contribution in [2.75, 3.05) is 44.2 Å². The number of piperidine rings is 1. The Labute approximate surface area is 254 Å². The largest absolute Gasteiger partial charge is 0.508 e. The van der Waals surface area contributed by atoms with Gasteiger partial charge in [-0.1, -0.05) is 18.1 Å². The Balaban J connectivity index is 1.26. The lowest BCUT2D eigenvalue weighted by Gasteiger charge is -2.31. The van der Waals surface area contributed by atoms with Gasteiger partial charge in [0, 0.05) is 54.8 Å². The molecule has 4 aliphatic heterocycles. The number of nitrogens with zero attached hydrogens (tertiary/aromatic N) is 5. The fraction of sp³-hybridized carbons (Fsp3) is 0.441. The molecule has 8 rings (SSSR count). The minimum absolute atomic E-state index is 0.0226. The molecule has 8 nitrogen and oxygen atoms in total. The zero-order valence-corrected chi connectivity index (χ0v) is 24.4. The Morgan fingerprint density at radius 1 is 1.18 bits per heavy atom. The van der Waals surface area contributed by atoms with Crippen LogP contribution in [-0.4, -0.2) is 82.0 Å². The number of hydrogen-bond donors (Lipinski definition) is 2. The molecule has 226 valence electrons. The van der Waals surface area contributed by atoms with E-state index in [9.17, 15) is 9.50 Å². The summed E-state index contributed by atoms with van der Waals surface area (Å²) in [6.45, 7) is 4.02. The molecule has 2 aromatic heterocycles. The van der Waals surface area contributed by atoms with E-state index >= 15 is 4.39 Å². The summed E-state index contributed by atoms with van der Waals surface area (Å²) in [4.78, 5) is 18.4. The topological polar surface area (TPSA) is 86.6 Å². The van der Waals surface area contributed by atoms with Gasteiger partial charge in [-0.05, 0) is 68.3 Å². The predicted molar refractivity (Wildman–Crippen MR) is 165 cm³/mol.